The second kappa shape index (κ2) is 10.6. The highest BCUT2D eigenvalue weighted by Crippen LogP contribution is 2.22. The van der Waals surface area contributed by atoms with Crippen LogP contribution in [-0.4, -0.2) is 56.3 Å². The molecule has 0 aliphatic carbocycles. The summed E-state index contributed by atoms with van der Waals surface area (Å²) in [5.41, 5.74) is 3.36. The Morgan fingerprint density at radius 2 is 1.43 bits per heavy atom. The van der Waals surface area contributed by atoms with E-state index in [1.165, 1.54) is 10.4 Å². The SMILES string of the molecule is Cc1ccc(CN(CC(=O)N2CCN(c3ccccc3F)CC2)S(=O)(=O)c2ccc(C)cc2)cc1. The number of carbonyl (C=O) groups is 1. The van der Waals surface area contributed by atoms with Gasteiger partial charge in [-0.25, -0.2) is 12.8 Å². The van der Waals surface area contributed by atoms with Crippen LogP contribution in [0.2, 0.25) is 0 Å². The maximum absolute atomic E-state index is 14.2. The number of para-hydroxylation sites is 1. The minimum Gasteiger partial charge on any atom is -0.366 e. The Balaban J connectivity index is 1.50. The average molecular weight is 496 g/mol. The van der Waals surface area contributed by atoms with Gasteiger partial charge in [-0.05, 0) is 43.7 Å². The Kier molecular flexibility index (Phi) is 7.52. The maximum Gasteiger partial charge on any atom is 0.243 e. The Morgan fingerprint density at radius 1 is 0.857 bits per heavy atom. The summed E-state index contributed by atoms with van der Waals surface area (Å²) in [6.07, 6.45) is 0. The molecule has 0 aromatic heterocycles. The van der Waals surface area contributed by atoms with Crippen molar-refractivity contribution in [3.05, 3.63) is 95.3 Å². The zero-order valence-electron chi connectivity index (χ0n) is 20.0. The fourth-order valence-electron chi connectivity index (χ4n) is 4.14. The van der Waals surface area contributed by atoms with Crippen LogP contribution in [0.5, 0.6) is 0 Å². The van der Waals surface area contributed by atoms with Crippen molar-refractivity contribution in [2.75, 3.05) is 37.6 Å². The van der Waals surface area contributed by atoms with Gasteiger partial charge in [-0.1, -0.05) is 59.7 Å². The summed E-state index contributed by atoms with van der Waals surface area (Å²) >= 11 is 0. The number of amides is 1. The summed E-state index contributed by atoms with van der Waals surface area (Å²) in [5.74, 6) is -0.554. The second-order valence-electron chi connectivity index (χ2n) is 8.89. The molecule has 1 fully saturated rings. The molecular weight excluding hydrogens is 465 g/mol. The van der Waals surface area contributed by atoms with E-state index < -0.39 is 10.0 Å². The molecule has 0 saturated carbocycles. The first-order valence-electron chi connectivity index (χ1n) is 11.6. The number of carbonyl (C=O) groups excluding carboxylic acids is 1. The van der Waals surface area contributed by atoms with Gasteiger partial charge in [0.15, 0.2) is 0 Å². The molecule has 35 heavy (non-hydrogen) atoms. The van der Waals surface area contributed by atoms with Crippen LogP contribution in [0.15, 0.2) is 77.7 Å². The van der Waals surface area contributed by atoms with Gasteiger partial charge in [-0.3, -0.25) is 4.79 Å². The zero-order chi connectivity index (χ0) is 25.0. The summed E-state index contributed by atoms with van der Waals surface area (Å²) in [7, 11) is -3.89. The minimum atomic E-state index is -3.89. The number of sulfonamides is 1. The molecule has 1 amide bonds. The first-order valence-corrected chi connectivity index (χ1v) is 13.1. The second-order valence-corrected chi connectivity index (χ2v) is 10.8. The molecule has 4 rings (SSSR count). The Morgan fingerprint density at radius 3 is 2.03 bits per heavy atom. The summed E-state index contributed by atoms with van der Waals surface area (Å²) in [5, 5.41) is 0. The van der Waals surface area contributed by atoms with Gasteiger partial charge in [0.05, 0.1) is 17.1 Å². The number of anilines is 1. The molecule has 1 aliphatic rings. The van der Waals surface area contributed by atoms with Crippen molar-refractivity contribution in [2.45, 2.75) is 25.3 Å². The van der Waals surface area contributed by atoms with E-state index in [9.17, 15) is 17.6 Å². The molecule has 8 heteroatoms. The van der Waals surface area contributed by atoms with Crippen molar-refractivity contribution in [1.29, 1.82) is 0 Å². The van der Waals surface area contributed by atoms with Crippen molar-refractivity contribution in [1.82, 2.24) is 9.21 Å². The number of benzene rings is 3. The van der Waals surface area contributed by atoms with E-state index in [-0.39, 0.29) is 29.7 Å². The molecule has 1 saturated heterocycles. The molecule has 1 heterocycles. The van der Waals surface area contributed by atoms with Gasteiger partial charge >= 0.3 is 0 Å². The number of nitrogens with zero attached hydrogens (tertiary/aromatic N) is 3. The van der Waals surface area contributed by atoms with E-state index in [1.807, 2.05) is 43.0 Å². The smallest absolute Gasteiger partial charge is 0.243 e. The number of hydrogen-bond donors (Lipinski definition) is 0. The molecule has 0 bridgehead atoms. The van der Waals surface area contributed by atoms with Crippen LogP contribution in [0.4, 0.5) is 10.1 Å². The van der Waals surface area contributed by atoms with E-state index in [0.717, 1.165) is 16.7 Å². The van der Waals surface area contributed by atoms with Gasteiger partial charge in [0, 0.05) is 32.7 Å². The van der Waals surface area contributed by atoms with Crippen LogP contribution in [0.25, 0.3) is 0 Å². The fraction of sp³-hybridized carbons (Fsp3) is 0.296. The summed E-state index contributed by atoms with van der Waals surface area (Å²) in [6, 6.07) is 20.8. The van der Waals surface area contributed by atoms with Gasteiger partial charge in [0.1, 0.15) is 5.82 Å². The van der Waals surface area contributed by atoms with Crippen LogP contribution in [0.1, 0.15) is 16.7 Å². The standard InChI is InChI=1S/C27H30FN3O3S/c1-21-7-11-23(12-8-21)19-31(35(33,34)24-13-9-22(2)10-14-24)20-27(32)30-17-15-29(16-18-30)26-6-4-3-5-25(26)28/h3-14H,15-20H2,1-2H3. The fourth-order valence-corrected chi connectivity index (χ4v) is 5.52. The lowest BCUT2D eigenvalue weighted by Crippen LogP contribution is -2.52. The molecule has 6 nitrogen and oxygen atoms in total. The molecule has 0 unspecified atom stereocenters. The van der Waals surface area contributed by atoms with Gasteiger partial charge in [0.2, 0.25) is 15.9 Å². The monoisotopic (exact) mass is 495 g/mol. The van der Waals surface area contributed by atoms with Gasteiger partial charge in [0.25, 0.3) is 0 Å². The highest BCUT2D eigenvalue weighted by atomic mass is 32.2. The molecule has 0 spiro atoms. The van der Waals surface area contributed by atoms with Crippen molar-refractivity contribution in [3.63, 3.8) is 0 Å². The molecule has 184 valence electrons. The van der Waals surface area contributed by atoms with E-state index >= 15 is 0 Å². The number of halogens is 1. The molecular formula is C27H30FN3O3S. The van der Waals surface area contributed by atoms with Gasteiger partial charge in [-0.2, -0.15) is 4.31 Å². The number of rotatable bonds is 7. The number of piperazine rings is 1. The average Bonchev–Trinajstić information content (AvgIpc) is 2.85. The van der Waals surface area contributed by atoms with Crippen LogP contribution < -0.4 is 4.90 Å². The number of hydrogen-bond acceptors (Lipinski definition) is 4. The maximum atomic E-state index is 14.2. The van der Waals surface area contributed by atoms with E-state index in [4.69, 9.17) is 0 Å². The van der Waals surface area contributed by atoms with Crippen molar-refractivity contribution < 1.29 is 17.6 Å². The first kappa shape index (κ1) is 24.9. The quantitative estimate of drug-likeness (QED) is 0.498. The third kappa shape index (κ3) is 5.89. The highest BCUT2D eigenvalue weighted by molar-refractivity contribution is 7.89. The van der Waals surface area contributed by atoms with Crippen molar-refractivity contribution >= 4 is 21.6 Å². The minimum absolute atomic E-state index is 0.0947. The Labute approximate surface area is 206 Å². The summed E-state index contributed by atoms with van der Waals surface area (Å²) in [6.45, 7) is 5.46. The summed E-state index contributed by atoms with van der Waals surface area (Å²) < 4.78 is 42.4. The predicted octanol–water partition coefficient (Wildman–Crippen LogP) is 3.98. The highest BCUT2D eigenvalue weighted by Gasteiger charge is 2.30. The number of aryl methyl sites for hydroxylation is 2. The van der Waals surface area contributed by atoms with Crippen molar-refractivity contribution in [2.24, 2.45) is 0 Å². The van der Waals surface area contributed by atoms with Crippen LogP contribution >= 0.6 is 0 Å². The first-order chi connectivity index (χ1) is 16.7. The molecule has 0 N–H and O–H groups in total. The normalized spacial score (nSPS) is 14.4. The van der Waals surface area contributed by atoms with Crippen LogP contribution in [0.3, 0.4) is 0 Å². The molecule has 3 aromatic rings. The molecule has 1 aliphatic heterocycles. The molecule has 3 aromatic carbocycles. The largest absolute Gasteiger partial charge is 0.366 e. The van der Waals surface area contributed by atoms with E-state index in [0.29, 0.717) is 31.9 Å². The van der Waals surface area contributed by atoms with Gasteiger partial charge < -0.3 is 9.80 Å². The van der Waals surface area contributed by atoms with Crippen LogP contribution in [0, 0.1) is 19.7 Å². The topological polar surface area (TPSA) is 60.9 Å². The zero-order valence-corrected chi connectivity index (χ0v) is 20.8. The van der Waals surface area contributed by atoms with E-state index in [1.54, 1.807) is 47.4 Å². The third-order valence-electron chi connectivity index (χ3n) is 6.28. The summed E-state index contributed by atoms with van der Waals surface area (Å²) in [4.78, 5) is 16.9. The van der Waals surface area contributed by atoms with E-state index in [2.05, 4.69) is 0 Å². The Hall–Kier alpha value is -3.23. The molecule has 0 radical (unpaired) electrons. The lowest BCUT2D eigenvalue weighted by Gasteiger charge is -2.37. The third-order valence-corrected chi connectivity index (χ3v) is 8.08. The Bertz CT molecular complexity index is 1270. The lowest BCUT2D eigenvalue weighted by atomic mass is 10.1. The lowest BCUT2D eigenvalue weighted by molar-refractivity contribution is -0.131. The van der Waals surface area contributed by atoms with Gasteiger partial charge in [-0.15, -0.1) is 0 Å². The molecule has 0 atom stereocenters. The predicted molar refractivity (Wildman–Crippen MR) is 135 cm³/mol. The van der Waals surface area contributed by atoms with Crippen LogP contribution in [-0.2, 0) is 21.4 Å². The van der Waals surface area contributed by atoms with Crippen molar-refractivity contribution in [3.8, 4) is 0 Å².